The van der Waals surface area contributed by atoms with Crippen molar-refractivity contribution < 1.29 is 9.90 Å². The predicted molar refractivity (Wildman–Crippen MR) is 161 cm³/mol. The predicted octanol–water partition coefficient (Wildman–Crippen LogP) is 9.81. The summed E-state index contributed by atoms with van der Waals surface area (Å²) in [7, 11) is 0. The van der Waals surface area contributed by atoms with E-state index in [1.54, 1.807) is 5.57 Å². The van der Waals surface area contributed by atoms with Crippen LogP contribution in [0.3, 0.4) is 0 Å². The lowest BCUT2D eigenvalue weighted by Crippen LogP contribution is -2.66. The van der Waals surface area contributed by atoms with Crippen LogP contribution in [0, 0.1) is 69.5 Å². The first kappa shape index (κ1) is 27.6. The Hall–Kier alpha value is -1.57. The van der Waals surface area contributed by atoms with Gasteiger partial charge in [-0.3, -0.25) is 4.79 Å². The van der Waals surface area contributed by atoms with Gasteiger partial charge < -0.3 is 5.11 Å². The van der Waals surface area contributed by atoms with Gasteiger partial charge in [0.15, 0.2) is 0 Å². The lowest BCUT2D eigenvalue weighted by Gasteiger charge is -2.72. The molecule has 2 heteroatoms. The van der Waals surface area contributed by atoms with Crippen LogP contribution in [0.2, 0.25) is 0 Å². The molecule has 0 spiro atoms. The number of carboxylic acid groups (broad SMARTS) is 1. The molecule has 0 unspecified atom stereocenters. The van der Waals surface area contributed by atoms with Crippen LogP contribution in [0.1, 0.15) is 117 Å². The Bertz CT molecular complexity index is 1170. The maximum atomic E-state index is 12.9. The van der Waals surface area contributed by atoms with Gasteiger partial charge in [-0.2, -0.15) is 0 Å². The van der Waals surface area contributed by atoms with Crippen LogP contribution in [0.5, 0.6) is 0 Å². The topological polar surface area (TPSA) is 37.3 Å². The minimum Gasteiger partial charge on any atom is -0.481 e. The highest BCUT2D eigenvalue weighted by atomic mass is 16.4. The molecule has 0 bridgehead atoms. The minimum atomic E-state index is -0.483. The quantitative estimate of drug-likeness (QED) is 0.422. The summed E-state index contributed by atoms with van der Waals surface area (Å²) in [6, 6.07) is 9.23. The largest absolute Gasteiger partial charge is 0.481 e. The minimum absolute atomic E-state index is 0.153. The normalized spacial score (nSPS) is 46.5. The Kier molecular flexibility index (Phi) is 6.17. The third-order valence-corrected chi connectivity index (χ3v) is 14.7. The summed E-state index contributed by atoms with van der Waals surface area (Å²) in [5, 5.41) is 10.7. The maximum absolute atomic E-state index is 12.9. The first-order valence-corrected chi connectivity index (χ1v) is 16.2. The van der Waals surface area contributed by atoms with Crippen LogP contribution in [-0.2, 0) is 4.79 Å². The Morgan fingerprint density at radius 2 is 1.54 bits per heavy atom. The zero-order valence-electron chi connectivity index (χ0n) is 26.1. The van der Waals surface area contributed by atoms with Crippen molar-refractivity contribution in [2.24, 2.45) is 62.6 Å². The lowest BCUT2D eigenvalue weighted by atomic mass is 9.32. The van der Waals surface area contributed by atoms with Crippen molar-refractivity contribution in [3.05, 3.63) is 41.5 Å². The zero-order chi connectivity index (χ0) is 28.2. The number of aryl methyl sites for hydroxylation is 1. The third kappa shape index (κ3) is 3.48. The van der Waals surface area contributed by atoms with Crippen molar-refractivity contribution in [3.8, 4) is 0 Å². The Morgan fingerprint density at radius 3 is 2.18 bits per heavy atom. The molecule has 0 amide bonds. The average Bonchev–Trinajstić information content (AvgIpc) is 3.27. The molecule has 5 aliphatic carbocycles. The molecule has 0 heterocycles. The van der Waals surface area contributed by atoms with Crippen LogP contribution in [-0.4, -0.2) is 11.1 Å². The zero-order valence-corrected chi connectivity index (χ0v) is 26.1. The van der Waals surface area contributed by atoms with Crippen LogP contribution in [0.15, 0.2) is 30.3 Å². The molecule has 0 aliphatic heterocycles. The fourth-order valence-electron chi connectivity index (χ4n) is 12.6. The smallest absolute Gasteiger partial charge is 0.309 e. The number of aliphatic carboxylic acids is 1. The first-order chi connectivity index (χ1) is 18.2. The molecular weight excluding hydrogens is 476 g/mol. The molecule has 214 valence electrons. The summed E-state index contributed by atoms with van der Waals surface area (Å²) in [5.41, 5.74) is 4.79. The van der Waals surface area contributed by atoms with Gasteiger partial charge in [-0.05, 0) is 133 Å². The van der Waals surface area contributed by atoms with E-state index in [4.69, 9.17) is 0 Å². The molecule has 9 atom stereocenters. The van der Waals surface area contributed by atoms with Gasteiger partial charge in [0, 0.05) is 0 Å². The third-order valence-electron chi connectivity index (χ3n) is 14.7. The van der Waals surface area contributed by atoms with E-state index in [0.717, 1.165) is 25.7 Å². The van der Waals surface area contributed by atoms with Crippen molar-refractivity contribution in [2.45, 2.75) is 113 Å². The Morgan fingerprint density at radius 1 is 0.846 bits per heavy atom. The van der Waals surface area contributed by atoms with E-state index in [2.05, 4.69) is 85.7 Å². The molecule has 1 N–H and O–H groups in total. The highest BCUT2D eigenvalue weighted by molar-refractivity contribution is 5.76. The van der Waals surface area contributed by atoms with Crippen LogP contribution >= 0.6 is 0 Å². The van der Waals surface area contributed by atoms with Gasteiger partial charge in [-0.1, -0.05) is 84.4 Å². The Balaban J connectivity index is 1.39. The number of carbonyl (C=O) groups is 1. The fourth-order valence-corrected chi connectivity index (χ4v) is 12.6. The summed E-state index contributed by atoms with van der Waals surface area (Å²) in [6.45, 7) is 19.9. The Labute approximate surface area is 238 Å². The highest BCUT2D eigenvalue weighted by Crippen LogP contribution is 2.77. The summed E-state index contributed by atoms with van der Waals surface area (Å²) in [6.07, 6.45) is 12.9. The van der Waals surface area contributed by atoms with E-state index in [0.29, 0.717) is 40.9 Å². The fraction of sp³-hybridized carbons (Fsp3) is 0.757. The number of allylic oxidation sites excluding steroid dienone is 2. The van der Waals surface area contributed by atoms with Crippen molar-refractivity contribution in [1.29, 1.82) is 0 Å². The molecule has 1 aromatic carbocycles. The van der Waals surface area contributed by atoms with E-state index in [-0.39, 0.29) is 16.2 Å². The summed E-state index contributed by atoms with van der Waals surface area (Å²) in [4.78, 5) is 12.9. The molecule has 4 fully saturated rings. The first-order valence-electron chi connectivity index (χ1n) is 16.2. The van der Waals surface area contributed by atoms with Crippen molar-refractivity contribution in [2.75, 3.05) is 0 Å². The van der Waals surface area contributed by atoms with E-state index in [1.807, 2.05) is 0 Å². The van der Waals surface area contributed by atoms with E-state index < -0.39 is 11.4 Å². The second kappa shape index (κ2) is 8.72. The van der Waals surface area contributed by atoms with E-state index >= 15 is 0 Å². The molecule has 39 heavy (non-hydrogen) atoms. The summed E-state index contributed by atoms with van der Waals surface area (Å²) >= 11 is 0. The number of hydrogen-bond acceptors (Lipinski definition) is 1. The summed E-state index contributed by atoms with van der Waals surface area (Å²) < 4.78 is 0. The second-order valence-corrected chi connectivity index (χ2v) is 16.5. The molecule has 5 aliphatic rings. The molecule has 2 nitrogen and oxygen atoms in total. The SMILES string of the molecule is Cc1ccc(C2=CC[C@]3(C)[C@H]4CC[C@@H]5[C@H]6[C@H](C(C)C)CC[C@]6(C(=O)O)CC[C@@]5(C)[C@]4(C)CC[C@H]3C2(C)C)cc1. The maximum Gasteiger partial charge on any atom is 0.309 e. The molecule has 0 aromatic heterocycles. The molecule has 0 saturated heterocycles. The van der Waals surface area contributed by atoms with Crippen LogP contribution in [0.4, 0.5) is 0 Å². The summed E-state index contributed by atoms with van der Waals surface area (Å²) in [5.74, 6) is 2.94. The molecule has 1 aromatic rings. The van der Waals surface area contributed by atoms with Gasteiger partial charge >= 0.3 is 5.97 Å². The van der Waals surface area contributed by atoms with Gasteiger partial charge in [0.25, 0.3) is 0 Å². The highest BCUT2D eigenvalue weighted by Gasteiger charge is 2.71. The van der Waals surface area contributed by atoms with E-state index in [1.165, 1.54) is 43.2 Å². The lowest BCUT2D eigenvalue weighted by molar-refractivity contribution is -0.230. The van der Waals surface area contributed by atoms with Gasteiger partial charge in [0.05, 0.1) is 5.41 Å². The van der Waals surface area contributed by atoms with Gasteiger partial charge in [0.1, 0.15) is 0 Å². The van der Waals surface area contributed by atoms with E-state index in [9.17, 15) is 9.90 Å². The van der Waals surface area contributed by atoms with Gasteiger partial charge in [0.2, 0.25) is 0 Å². The standard InChI is InChI=1S/C37H54O2/c1-23(2)26-15-20-37(32(38)39)22-21-35(7)28(31(26)37)13-14-30-34(6)18-16-27(25-11-9-24(3)10-12-25)33(4,5)29(34)17-19-36(30,35)8/h9-12,16,23,26,28-31H,13-15,17-22H2,1-8H3,(H,38,39)/t26-,28+,29-,30+,31+,34-,35+,36+,37-/m0/s1. The number of rotatable bonds is 3. The average molecular weight is 531 g/mol. The molecule has 0 radical (unpaired) electrons. The van der Waals surface area contributed by atoms with Crippen molar-refractivity contribution in [3.63, 3.8) is 0 Å². The number of benzene rings is 1. The second-order valence-electron chi connectivity index (χ2n) is 16.5. The number of fused-ring (bicyclic) bond motifs is 7. The number of hydrogen-bond donors (Lipinski definition) is 1. The molecule has 6 rings (SSSR count). The molecular formula is C37H54O2. The van der Waals surface area contributed by atoms with Crippen LogP contribution in [0.25, 0.3) is 5.57 Å². The number of carboxylic acids is 1. The van der Waals surface area contributed by atoms with Crippen molar-refractivity contribution >= 4 is 11.5 Å². The van der Waals surface area contributed by atoms with Crippen molar-refractivity contribution in [1.82, 2.24) is 0 Å². The van der Waals surface area contributed by atoms with Gasteiger partial charge in [-0.15, -0.1) is 0 Å². The monoisotopic (exact) mass is 530 g/mol. The van der Waals surface area contributed by atoms with Gasteiger partial charge in [-0.25, -0.2) is 0 Å². The van der Waals surface area contributed by atoms with Crippen LogP contribution < -0.4 is 0 Å². The molecule has 4 saturated carbocycles.